The van der Waals surface area contributed by atoms with Crippen molar-refractivity contribution in [3.8, 4) is 0 Å². The van der Waals surface area contributed by atoms with Crippen molar-refractivity contribution >= 4 is 18.7 Å². The Morgan fingerprint density at radius 1 is 1.29 bits per heavy atom. The van der Waals surface area contributed by atoms with Crippen LogP contribution in [0.2, 0.25) is 19.6 Å². The fraction of sp³-hybridized carbons (Fsp3) is 1.00. The van der Waals surface area contributed by atoms with Gasteiger partial charge < -0.3 is 4.55 Å². The molecule has 38 valence electrons. The van der Waals surface area contributed by atoms with Crippen LogP contribution in [0.3, 0.4) is 0 Å². The first kappa shape index (κ1) is 11.3. The van der Waals surface area contributed by atoms with Crippen molar-refractivity contribution in [2.75, 3.05) is 0 Å². The standard InChI is InChI=1S/C3H10OSSi.Na/c1-6(2,3)5-4;/h4H,1-3H3;/q;+1/p-1. The zero-order valence-corrected chi connectivity index (χ0v) is 9.13. The Kier molecular flexibility index (Phi) is 7.14. The minimum atomic E-state index is -1.27. The van der Waals surface area contributed by atoms with Gasteiger partial charge in [-0.3, -0.25) is 11.5 Å². The monoisotopic (exact) mass is 144 g/mol. The summed E-state index contributed by atoms with van der Waals surface area (Å²) in [5, 5.41) is 0. The third kappa shape index (κ3) is 11.2. The molecular weight excluding hydrogens is 135 g/mol. The Morgan fingerprint density at radius 2 is 1.43 bits per heavy atom. The van der Waals surface area contributed by atoms with E-state index in [1.54, 1.807) is 0 Å². The van der Waals surface area contributed by atoms with Gasteiger partial charge in [0.05, 0.1) is 7.22 Å². The molecule has 0 heterocycles. The van der Waals surface area contributed by atoms with Crippen LogP contribution >= 0.6 is 11.5 Å². The molecule has 7 heavy (non-hydrogen) atoms. The van der Waals surface area contributed by atoms with Crippen LogP contribution in [0.4, 0.5) is 0 Å². The topological polar surface area (TPSA) is 23.1 Å². The van der Waals surface area contributed by atoms with Crippen molar-refractivity contribution in [3.05, 3.63) is 0 Å². The average Bonchev–Trinajstić information content (AvgIpc) is 1.35. The number of hydrogen-bond acceptors (Lipinski definition) is 2. The van der Waals surface area contributed by atoms with E-state index in [-0.39, 0.29) is 29.6 Å². The molecule has 0 saturated heterocycles. The molecule has 0 aliphatic carbocycles. The van der Waals surface area contributed by atoms with E-state index in [0.717, 1.165) is 11.5 Å². The van der Waals surface area contributed by atoms with Crippen LogP contribution in [0.15, 0.2) is 0 Å². The van der Waals surface area contributed by atoms with E-state index in [0.29, 0.717) is 0 Å². The van der Waals surface area contributed by atoms with Crippen molar-refractivity contribution in [1.29, 1.82) is 0 Å². The van der Waals surface area contributed by atoms with Gasteiger partial charge in [0, 0.05) is 0 Å². The maximum absolute atomic E-state index is 9.93. The van der Waals surface area contributed by atoms with Gasteiger partial charge in [0.15, 0.2) is 0 Å². The van der Waals surface area contributed by atoms with Crippen LogP contribution in [0.5, 0.6) is 0 Å². The van der Waals surface area contributed by atoms with Crippen LogP contribution in [-0.4, -0.2) is 11.8 Å². The molecule has 0 atom stereocenters. The van der Waals surface area contributed by atoms with Gasteiger partial charge in [0.2, 0.25) is 0 Å². The molecule has 0 N–H and O–H groups in total. The second-order valence-corrected chi connectivity index (χ2v) is 10.8. The molecule has 0 aromatic carbocycles. The first-order valence-corrected chi connectivity index (χ1v) is 6.84. The molecule has 0 fully saturated rings. The van der Waals surface area contributed by atoms with Gasteiger partial charge in [0.1, 0.15) is 0 Å². The predicted molar refractivity (Wildman–Crippen MR) is 31.7 cm³/mol. The molecule has 0 aromatic heterocycles. The van der Waals surface area contributed by atoms with Crippen molar-refractivity contribution in [3.63, 3.8) is 0 Å². The minimum absolute atomic E-state index is 0. The maximum Gasteiger partial charge on any atom is 1.00 e. The fourth-order valence-electron chi connectivity index (χ4n) is 0. The average molecular weight is 144 g/mol. The van der Waals surface area contributed by atoms with Crippen LogP contribution in [0, 0.1) is 0 Å². The Bertz CT molecular complexity index is 44.7. The van der Waals surface area contributed by atoms with Crippen molar-refractivity contribution < 1.29 is 34.1 Å². The molecule has 0 aliphatic heterocycles. The third-order valence-electron chi connectivity index (χ3n) is 0.250. The molecule has 0 saturated carbocycles. The Morgan fingerprint density at radius 3 is 1.43 bits per heavy atom. The van der Waals surface area contributed by atoms with Gasteiger partial charge in [0.25, 0.3) is 0 Å². The fourth-order valence-corrected chi connectivity index (χ4v) is 0. The summed E-state index contributed by atoms with van der Waals surface area (Å²) in [4.78, 5) is 0. The zero-order chi connectivity index (χ0) is 5.21. The van der Waals surface area contributed by atoms with E-state index in [2.05, 4.69) is 0 Å². The smallest absolute Gasteiger partial charge is 0.804 e. The minimum Gasteiger partial charge on any atom is -0.804 e. The predicted octanol–water partition coefficient (Wildman–Crippen LogP) is -1.31. The second-order valence-electron chi connectivity index (χ2n) is 2.20. The van der Waals surface area contributed by atoms with Crippen molar-refractivity contribution in [2.24, 2.45) is 0 Å². The van der Waals surface area contributed by atoms with E-state index < -0.39 is 7.22 Å². The Hall–Kier alpha value is 1.53. The van der Waals surface area contributed by atoms with E-state index in [1.165, 1.54) is 0 Å². The molecule has 0 aliphatic rings. The molecule has 0 bridgehead atoms. The van der Waals surface area contributed by atoms with E-state index in [9.17, 15) is 4.55 Å². The molecular formula is C3H9NaOSSi. The summed E-state index contributed by atoms with van der Waals surface area (Å²) in [6.45, 7) is 6.10. The normalized spacial score (nSPS) is 10.3. The summed E-state index contributed by atoms with van der Waals surface area (Å²) in [7, 11) is -1.27. The summed E-state index contributed by atoms with van der Waals surface area (Å²) >= 11 is 0.771. The molecule has 0 rings (SSSR count). The van der Waals surface area contributed by atoms with Gasteiger partial charge >= 0.3 is 29.6 Å². The van der Waals surface area contributed by atoms with Gasteiger partial charge in [-0.15, -0.1) is 0 Å². The van der Waals surface area contributed by atoms with Crippen molar-refractivity contribution in [2.45, 2.75) is 19.6 Å². The number of hydrogen-bond donors (Lipinski definition) is 0. The SMILES string of the molecule is C[Si](C)(C)S[O-].[Na+]. The van der Waals surface area contributed by atoms with Gasteiger partial charge in [-0.25, -0.2) is 0 Å². The Balaban J connectivity index is 0. The second kappa shape index (κ2) is 4.41. The third-order valence-corrected chi connectivity index (χ3v) is 2.25. The summed E-state index contributed by atoms with van der Waals surface area (Å²) < 4.78 is 9.93. The van der Waals surface area contributed by atoms with E-state index in [1.807, 2.05) is 19.6 Å². The molecule has 0 radical (unpaired) electrons. The van der Waals surface area contributed by atoms with Crippen LogP contribution in [0.25, 0.3) is 0 Å². The first-order valence-electron chi connectivity index (χ1n) is 1.87. The van der Waals surface area contributed by atoms with E-state index >= 15 is 0 Å². The van der Waals surface area contributed by atoms with Crippen LogP contribution in [-0.2, 0) is 0 Å². The zero-order valence-electron chi connectivity index (χ0n) is 5.32. The quantitative estimate of drug-likeness (QED) is 0.337. The number of rotatable bonds is 1. The first-order chi connectivity index (χ1) is 2.56. The molecule has 1 nitrogen and oxygen atoms in total. The Labute approximate surface area is 72.0 Å². The molecule has 0 spiro atoms. The van der Waals surface area contributed by atoms with Crippen LogP contribution in [0.1, 0.15) is 0 Å². The maximum atomic E-state index is 9.93. The van der Waals surface area contributed by atoms with Crippen LogP contribution < -0.4 is 29.6 Å². The largest absolute Gasteiger partial charge is 1.00 e. The molecule has 0 amide bonds. The molecule has 4 heteroatoms. The van der Waals surface area contributed by atoms with Gasteiger partial charge in [-0.05, 0) is 0 Å². The summed E-state index contributed by atoms with van der Waals surface area (Å²) in [6, 6.07) is 0. The van der Waals surface area contributed by atoms with Crippen molar-refractivity contribution in [1.82, 2.24) is 0 Å². The summed E-state index contributed by atoms with van der Waals surface area (Å²) in [5.74, 6) is 0. The molecule has 0 unspecified atom stereocenters. The van der Waals surface area contributed by atoms with Gasteiger partial charge in [-0.2, -0.15) is 0 Å². The summed E-state index contributed by atoms with van der Waals surface area (Å²) in [6.07, 6.45) is 0. The van der Waals surface area contributed by atoms with Gasteiger partial charge in [-0.1, -0.05) is 19.6 Å². The molecule has 0 aromatic rings. The van der Waals surface area contributed by atoms with E-state index in [4.69, 9.17) is 0 Å². The summed E-state index contributed by atoms with van der Waals surface area (Å²) in [5.41, 5.74) is 0.